The number of carbonyl (C=O) groups is 2. The Morgan fingerprint density at radius 2 is 1.90 bits per heavy atom. The Hall–Kier alpha value is -3.14. The van der Waals surface area contributed by atoms with Crippen LogP contribution < -0.4 is 5.43 Å². The second-order valence-corrected chi connectivity index (χ2v) is 8.27. The number of halogens is 2. The van der Waals surface area contributed by atoms with Crippen LogP contribution >= 0.6 is 35.0 Å². The van der Waals surface area contributed by atoms with Crippen molar-refractivity contribution in [1.29, 1.82) is 0 Å². The molecule has 0 unspecified atom stereocenters. The van der Waals surface area contributed by atoms with Gasteiger partial charge in [-0.25, -0.2) is 0 Å². The Kier molecular flexibility index (Phi) is 5.57. The molecule has 4 rings (SSSR count). The van der Waals surface area contributed by atoms with Crippen LogP contribution in [0.5, 0.6) is 0 Å². The molecule has 0 bridgehead atoms. The molecule has 2 amide bonds. The molecule has 1 aliphatic heterocycles. The van der Waals surface area contributed by atoms with Gasteiger partial charge in [-0.1, -0.05) is 41.4 Å². The zero-order valence-electron chi connectivity index (χ0n) is 15.3. The lowest BCUT2D eigenvalue weighted by Crippen LogP contribution is -2.27. The van der Waals surface area contributed by atoms with E-state index in [2.05, 4.69) is 0 Å². The molecule has 0 radical (unpaired) electrons. The summed E-state index contributed by atoms with van der Waals surface area (Å²) in [5, 5.41) is 11.1. The van der Waals surface area contributed by atoms with Crippen LogP contribution in [0.2, 0.25) is 10.0 Å². The standard InChI is InChI=1S/C20H10Cl2N2O6S/c21-12-6-13-17(25)11(9-30-18(13)14(22)7-12)5-16-19(26)23(20(27)31-16)8-10-3-1-2-4-15(10)24(28)29/h1-7,9H,8H2/b16-5-. The lowest BCUT2D eigenvalue weighted by atomic mass is 10.1. The number of hydrogen-bond acceptors (Lipinski definition) is 7. The molecule has 8 nitrogen and oxygen atoms in total. The summed E-state index contributed by atoms with van der Waals surface area (Å²) in [4.78, 5) is 49.4. The number of fused-ring (bicyclic) bond motifs is 1. The lowest BCUT2D eigenvalue weighted by Gasteiger charge is -2.12. The van der Waals surface area contributed by atoms with E-state index in [0.717, 1.165) is 11.2 Å². The van der Waals surface area contributed by atoms with Crippen molar-refractivity contribution in [2.45, 2.75) is 6.54 Å². The van der Waals surface area contributed by atoms with Gasteiger partial charge in [0.15, 0.2) is 11.0 Å². The van der Waals surface area contributed by atoms with Gasteiger partial charge in [-0.15, -0.1) is 0 Å². The molecule has 156 valence electrons. The number of imide groups is 1. The van der Waals surface area contributed by atoms with E-state index in [4.69, 9.17) is 27.6 Å². The first-order valence-electron chi connectivity index (χ1n) is 8.64. The maximum Gasteiger partial charge on any atom is 0.293 e. The Labute approximate surface area is 188 Å². The van der Waals surface area contributed by atoms with Crippen molar-refractivity contribution >= 4 is 68.8 Å². The second-order valence-electron chi connectivity index (χ2n) is 6.44. The molecule has 0 atom stereocenters. The number of benzene rings is 2. The quantitative estimate of drug-likeness (QED) is 0.287. The van der Waals surface area contributed by atoms with Crippen LogP contribution in [0.3, 0.4) is 0 Å². The van der Waals surface area contributed by atoms with Gasteiger partial charge < -0.3 is 4.42 Å². The summed E-state index contributed by atoms with van der Waals surface area (Å²) in [6.45, 7) is -0.267. The summed E-state index contributed by atoms with van der Waals surface area (Å²) in [6, 6.07) is 8.66. The summed E-state index contributed by atoms with van der Waals surface area (Å²) in [6.07, 6.45) is 2.38. The van der Waals surface area contributed by atoms with E-state index in [-0.39, 0.29) is 49.3 Å². The summed E-state index contributed by atoms with van der Waals surface area (Å²) < 4.78 is 5.42. The largest absolute Gasteiger partial charge is 0.462 e. The Morgan fingerprint density at radius 3 is 2.65 bits per heavy atom. The SMILES string of the molecule is O=C1S/C(=C\c2coc3c(Cl)cc(Cl)cc3c2=O)C(=O)N1Cc1ccccc1[N+](=O)[O-]. The molecule has 0 N–H and O–H groups in total. The number of carbonyl (C=O) groups excluding carboxylic acids is 2. The Balaban J connectivity index is 1.69. The minimum atomic E-state index is -0.670. The maximum atomic E-state index is 12.8. The fraction of sp³-hybridized carbons (Fsp3) is 0.0500. The summed E-state index contributed by atoms with van der Waals surface area (Å²) in [5.74, 6) is -0.670. The molecular formula is C20H10Cl2N2O6S. The van der Waals surface area contributed by atoms with Crippen molar-refractivity contribution in [1.82, 2.24) is 4.90 Å². The van der Waals surface area contributed by atoms with Crippen LogP contribution in [0.1, 0.15) is 11.1 Å². The molecule has 1 aliphatic rings. The minimum Gasteiger partial charge on any atom is -0.462 e. The van der Waals surface area contributed by atoms with E-state index >= 15 is 0 Å². The molecule has 3 aromatic rings. The van der Waals surface area contributed by atoms with Crippen molar-refractivity contribution in [3.8, 4) is 0 Å². The molecule has 2 heterocycles. The van der Waals surface area contributed by atoms with E-state index < -0.39 is 21.5 Å². The molecule has 11 heteroatoms. The summed E-state index contributed by atoms with van der Waals surface area (Å²) in [5.41, 5.74) is -0.282. The number of hydrogen-bond donors (Lipinski definition) is 0. The third kappa shape index (κ3) is 3.95. The van der Waals surface area contributed by atoms with E-state index in [1.807, 2.05) is 0 Å². The van der Waals surface area contributed by atoms with E-state index in [9.17, 15) is 24.5 Å². The predicted molar refractivity (Wildman–Crippen MR) is 117 cm³/mol. The van der Waals surface area contributed by atoms with Crippen LogP contribution in [0.25, 0.3) is 17.0 Å². The minimum absolute atomic E-state index is 0.0108. The van der Waals surface area contributed by atoms with E-state index in [1.165, 1.54) is 36.4 Å². The lowest BCUT2D eigenvalue weighted by molar-refractivity contribution is -0.385. The van der Waals surface area contributed by atoms with Crippen molar-refractivity contribution < 1.29 is 18.9 Å². The molecule has 1 saturated heterocycles. The first-order chi connectivity index (χ1) is 14.8. The Bertz CT molecular complexity index is 1370. The number of rotatable bonds is 4. The van der Waals surface area contributed by atoms with Gasteiger partial charge in [-0.2, -0.15) is 0 Å². The van der Waals surface area contributed by atoms with Crippen LogP contribution in [-0.2, 0) is 11.3 Å². The Morgan fingerprint density at radius 1 is 1.16 bits per heavy atom. The monoisotopic (exact) mass is 476 g/mol. The molecule has 0 saturated carbocycles. The molecular weight excluding hydrogens is 467 g/mol. The first kappa shape index (κ1) is 21.1. The van der Waals surface area contributed by atoms with Gasteiger partial charge in [0.05, 0.1) is 32.3 Å². The number of nitro groups is 1. The zero-order chi connectivity index (χ0) is 22.3. The van der Waals surface area contributed by atoms with Gasteiger partial charge in [0.2, 0.25) is 0 Å². The van der Waals surface area contributed by atoms with Crippen molar-refractivity contribution in [3.05, 3.63) is 89.1 Å². The van der Waals surface area contributed by atoms with Gasteiger partial charge in [-0.3, -0.25) is 29.4 Å². The predicted octanol–water partition coefficient (Wildman–Crippen LogP) is 5.24. The molecule has 1 fully saturated rings. The smallest absolute Gasteiger partial charge is 0.293 e. The number of amides is 2. The van der Waals surface area contributed by atoms with E-state index in [1.54, 1.807) is 6.07 Å². The molecule has 31 heavy (non-hydrogen) atoms. The number of para-hydroxylation sites is 1. The zero-order valence-corrected chi connectivity index (χ0v) is 17.7. The average Bonchev–Trinajstić information content (AvgIpc) is 2.98. The normalized spacial score (nSPS) is 15.3. The van der Waals surface area contributed by atoms with Crippen LogP contribution in [0, 0.1) is 10.1 Å². The van der Waals surface area contributed by atoms with Crippen LogP contribution in [-0.4, -0.2) is 21.0 Å². The highest BCUT2D eigenvalue weighted by atomic mass is 35.5. The van der Waals surface area contributed by atoms with Crippen molar-refractivity contribution in [3.63, 3.8) is 0 Å². The van der Waals surface area contributed by atoms with Gasteiger partial charge >= 0.3 is 0 Å². The highest BCUT2D eigenvalue weighted by Gasteiger charge is 2.36. The third-order valence-electron chi connectivity index (χ3n) is 4.50. The summed E-state index contributed by atoms with van der Waals surface area (Å²) in [7, 11) is 0. The highest BCUT2D eigenvalue weighted by molar-refractivity contribution is 8.18. The molecule has 1 aromatic heterocycles. The van der Waals surface area contributed by atoms with Crippen LogP contribution in [0.15, 0.2) is 56.8 Å². The third-order valence-corrected chi connectivity index (χ3v) is 5.90. The summed E-state index contributed by atoms with van der Waals surface area (Å²) >= 11 is 12.6. The second kappa shape index (κ2) is 8.18. The topological polar surface area (TPSA) is 111 Å². The number of nitrogens with zero attached hydrogens (tertiary/aromatic N) is 2. The van der Waals surface area contributed by atoms with Crippen molar-refractivity contribution in [2.75, 3.05) is 0 Å². The fourth-order valence-electron chi connectivity index (χ4n) is 3.05. The van der Waals surface area contributed by atoms with Gasteiger partial charge in [-0.05, 0) is 30.0 Å². The van der Waals surface area contributed by atoms with Gasteiger partial charge in [0.25, 0.3) is 16.8 Å². The maximum absolute atomic E-state index is 12.8. The molecule has 0 aliphatic carbocycles. The van der Waals surface area contributed by atoms with Crippen LogP contribution in [0.4, 0.5) is 10.5 Å². The highest BCUT2D eigenvalue weighted by Crippen LogP contribution is 2.34. The first-order valence-corrected chi connectivity index (χ1v) is 10.2. The molecule has 0 spiro atoms. The van der Waals surface area contributed by atoms with Gasteiger partial charge in [0, 0.05) is 16.7 Å². The van der Waals surface area contributed by atoms with Crippen molar-refractivity contribution in [2.24, 2.45) is 0 Å². The number of nitro benzene ring substituents is 1. The molecule has 2 aromatic carbocycles. The fourth-order valence-corrected chi connectivity index (χ4v) is 4.42. The average molecular weight is 477 g/mol. The number of thioether (sulfide) groups is 1. The van der Waals surface area contributed by atoms with Gasteiger partial charge in [0.1, 0.15) is 6.26 Å². The van der Waals surface area contributed by atoms with E-state index in [0.29, 0.717) is 11.8 Å².